The van der Waals surface area contributed by atoms with E-state index < -0.39 is 0 Å². The van der Waals surface area contributed by atoms with Crippen LogP contribution in [-0.4, -0.2) is 22.7 Å². The molecule has 4 nitrogen and oxygen atoms in total. The van der Waals surface area contributed by atoms with Crippen LogP contribution in [0.2, 0.25) is 10.0 Å². The number of halogens is 4. The van der Waals surface area contributed by atoms with E-state index in [4.69, 9.17) is 27.9 Å². The van der Waals surface area contributed by atoms with Gasteiger partial charge in [-0.3, -0.25) is 14.5 Å². The summed E-state index contributed by atoms with van der Waals surface area (Å²) in [5, 5.41) is 0.500. The van der Waals surface area contributed by atoms with Crippen LogP contribution in [0, 0.1) is 7.14 Å². The molecular weight excluding hydrogens is 647 g/mol. The maximum absolute atomic E-state index is 12.8. The standard InChI is InChI=1S/C19H13Cl2I2NO3S/c1-2-27-17-14(22)6-10(7-15(17)23)8-16-18(25)24(19(26)28-16)9-11-12(20)4-3-5-13(11)21/h3-8H,2,9H2,1H3/b16-8-. The molecule has 0 unspecified atom stereocenters. The van der Waals surface area contributed by atoms with Gasteiger partial charge in [0.25, 0.3) is 11.1 Å². The Morgan fingerprint density at radius 2 is 1.75 bits per heavy atom. The number of hydrogen-bond donors (Lipinski definition) is 0. The van der Waals surface area contributed by atoms with Gasteiger partial charge in [0.2, 0.25) is 0 Å². The average molecular weight is 660 g/mol. The van der Waals surface area contributed by atoms with Crippen molar-refractivity contribution in [1.82, 2.24) is 4.90 Å². The highest BCUT2D eigenvalue weighted by Gasteiger charge is 2.35. The van der Waals surface area contributed by atoms with E-state index in [2.05, 4.69) is 45.2 Å². The molecule has 1 fully saturated rings. The number of thioether (sulfide) groups is 1. The lowest BCUT2D eigenvalue weighted by Crippen LogP contribution is -2.27. The molecule has 1 saturated heterocycles. The molecule has 0 bridgehead atoms. The largest absolute Gasteiger partial charge is 0.492 e. The molecule has 2 amide bonds. The minimum absolute atomic E-state index is 0.0405. The van der Waals surface area contributed by atoms with Crippen LogP contribution in [0.25, 0.3) is 6.08 Å². The van der Waals surface area contributed by atoms with Crippen molar-refractivity contribution in [2.45, 2.75) is 13.5 Å². The molecule has 2 aromatic carbocycles. The maximum atomic E-state index is 12.8. The van der Waals surface area contributed by atoms with Gasteiger partial charge in [-0.1, -0.05) is 29.3 Å². The lowest BCUT2D eigenvalue weighted by Gasteiger charge is -2.14. The summed E-state index contributed by atoms with van der Waals surface area (Å²) >= 11 is 17.7. The Morgan fingerprint density at radius 3 is 2.32 bits per heavy atom. The van der Waals surface area contributed by atoms with Gasteiger partial charge in [-0.05, 0) is 99.8 Å². The predicted octanol–water partition coefficient (Wildman–Crippen LogP) is 6.84. The lowest BCUT2D eigenvalue weighted by atomic mass is 10.2. The van der Waals surface area contributed by atoms with Crippen LogP contribution in [0.5, 0.6) is 5.75 Å². The summed E-state index contributed by atoms with van der Waals surface area (Å²) in [4.78, 5) is 26.7. The van der Waals surface area contributed by atoms with Crippen LogP contribution in [0.15, 0.2) is 35.2 Å². The highest BCUT2D eigenvalue weighted by atomic mass is 127. The van der Waals surface area contributed by atoms with E-state index in [1.807, 2.05) is 19.1 Å². The van der Waals surface area contributed by atoms with Gasteiger partial charge in [0.1, 0.15) is 5.75 Å². The number of nitrogens with zero attached hydrogens (tertiary/aromatic N) is 1. The zero-order valence-electron chi connectivity index (χ0n) is 14.5. The van der Waals surface area contributed by atoms with Crippen molar-refractivity contribution in [3.63, 3.8) is 0 Å². The van der Waals surface area contributed by atoms with E-state index in [0.717, 1.165) is 35.1 Å². The topological polar surface area (TPSA) is 46.6 Å². The third kappa shape index (κ3) is 4.80. The van der Waals surface area contributed by atoms with Crippen molar-refractivity contribution in [2.24, 2.45) is 0 Å². The van der Waals surface area contributed by atoms with E-state index in [1.165, 1.54) is 0 Å². The molecule has 0 saturated carbocycles. The average Bonchev–Trinajstić information content (AvgIpc) is 2.88. The fraction of sp³-hybridized carbons (Fsp3) is 0.158. The quantitative estimate of drug-likeness (QED) is 0.261. The lowest BCUT2D eigenvalue weighted by molar-refractivity contribution is -0.123. The molecule has 9 heteroatoms. The molecule has 1 aliphatic heterocycles. The van der Waals surface area contributed by atoms with Crippen molar-refractivity contribution < 1.29 is 14.3 Å². The molecule has 28 heavy (non-hydrogen) atoms. The highest BCUT2D eigenvalue weighted by molar-refractivity contribution is 14.1. The van der Waals surface area contributed by atoms with Crippen LogP contribution in [0.1, 0.15) is 18.1 Å². The summed E-state index contributed by atoms with van der Waals surface area (Å²) in [6, 6.07) is 8.93. The number of carbonyl (C=O) groups excluding carboxylic acids is 2. The van der Waals surface area contributed by atoms with Crippen LogP contribution >= 0.6 is 80.1 Å². The minimum atomic E-state index is -0.357. The first-order chi connectivity index (χ1) is 13.3. The number of hydrogen-bond acceptors (Lipinski definition) is 4. The normalized spacial score (nSPS) is 15.6. The van der Waals surface area contributed by atoms with Gasteiger partial charge in [0.05, 0.1) is 25.2 Å². The number of benzene rings is 2. The van der Waals surface area contributed by atoms with Crippen LogP contribution in [-0.2, 0) is 11.3 Å². The van der Waals surface area contributed by atoms with Crippen molar-refractivity contribution >= 4 is 97.4 Å². The van der Waals surface area contributed by atoms with Gasteiger partial charge in [0, 0.05) is 15.6 Å². The molecule has 1 aliphatic rings. The second kappa shape index (κ2) is 9.55. The molecule has 0 spiro atoms. The fourth-order valence-corrected chi connectivity index (χ4v) is 6.06. The first kappa shape index (κ1) is 22.2. The van der Waals surface area contributed by atoms with Gasteiger partial charge in [0.15, 0.2) is 0 Å². The Morgan fingerprint density at radius 1 is 1.14 bits per heavy atom. The Kier molecular flexibility index (Phi) is 7.57. The van der Waals surface area contributed by atoms with Crippen LogP contribution in [0.3, 0.4) is 0 Å². The summed E-state index contributed by atoms with van der Waals surface area (Å²) in [5.41, 5.74) is 1.39. The third-order valence-corrected chi connectivity index (χ3v) is 7.08. The van der Waals surface area contributed by atoms with Crippen molar-refractivity contribution in [2.75, 3.05) is 6.61 Å². The molecule has 0 N–H and O–H groups in total. The van der Waals surface area contributed by atoms with E-state index >= 15 is 0 Å². The van der Waals surface area contributed by atoms with Crippen molar-refractivity contribution in [1.29, 1.82) is 0 Å². The summed E-state index contributed by atoms with van der Waals surface area (Å²) in [6.45, 7) is 2.55. The number of rotatable bonds is 5. The molecule has 2 aromatic rings. The van der Waals surface area contributed by atoms with Crippen molar-refractivity contribution in [3.05, 3.63) is 63.5 Å². The Hall–Kier alpha value is -0.490. The maximum Gasteiger partial charge on any atom is 0.293 e. The molecule has 0 aliphatic carbocycles. The molecule has 0 aromatic heterocycles. The van der Waals surface area contributed by atoms with Crippen molar-refractivity contribution in [3.8, 4) is 5.75 Å². The SMILES string of the molecule is CCOc1c(I)cc(/C=C2\SC(=O)N(Cc3c(Cl)cccc3Cl)C2=O)cc1I. The minimum Gasteiger partial charge on any atom is -0.492 e. The van der Waals surface area contributed by atoms with E-state index in [0.29, 0.717) is 27.1 Å². The number of carbonyl (C=O) groups is 2. The predicted molar refractivity (Wildman–Crippen MR) is 131 cm³/mol. The number of amides is 2. The van der Waals surface area contributed by atoms with Crippen LogP contribution < -0.4 is 4.74 Å². The first-order valence-electron chi connectivity index (χ1n) is 8.12. The molecular formula is C19H13Cl2I2NO3S. The zero-order chi connectivity index (χ0) is 20.4. The van der Waals surface area contributed by atoms with Gasteiger partial charge < -0.3 is 4.74 Å². The summed E-state index contributed by atoms with van der Waals surface area (Å²) in [6.07, 6.45) is 1.72. The fourth-order valence-electron chi connectivity index (χ4n) is 2.57. The highest BCUT2D eigenvalue weighted by Crippen LogP contribution is 2.37. The summed E-state index contributed by atoms with van der Waals surface area (Å²) < 4.78 is 7.53. The molecule has 3 rings (SSSR count). The van der Waals surface area contributed by atoms with E-state index in [-0.39, 0.29) is 17.7 Å². The van der Waals surface area contributed by atoms with E-state index in [9.17, 15) is 9.59 Å². The Labute approximate surface area is 204 Å². The van der Waals surface area contributed by atoms with E-state index in [1.54, 1.807) is 24.3 Å². The first-order valence-corrected chi connectivity index (χ1v) is 11.8. The van der Waals surface area contributed by atoms with Gasteiger partial charge >= 0.3 is 0 Å². The molecule has 1 heterocycles. The Bertz CT molecular complexity index is 954. The molecule has 146 valence electrons. The second-order valence-electron chi connectivity index (χ2n) is 5.71. The molecule has 0 atom stereocenters. The number of imide groups is 1. The summed E-state index contributed by atoms with van der Waals surface area (Å²) in [7, 11) is 0. The summed E-state index contributed by atoms with van der Waals surface area (Å²) in [5.74, 6) is 0.465. The van der Waals surface area contributed by atoms with Gasteiger partial charge in [-0.2, -0.15) is 0 Å². The second-order valence-corrected chi connectivity index (χ2v) is 9.85. The smallest absolute Gasteiger partial charge is 0.293 e. The van der Waals surface area contributed by atoms with Gasteiger partial charge in [-0.15, -0.1) is 0 Å². The Balaban J connectivity index is 1.87. The third-order valence-electron chi connectivity index (χ3n) is 3.86. The van der Waals surface area contributed by atoms with Crippen LogP contribution in [0.4, 0.5) is 4.79 Å². The van der Waals surface area contributed by atoms with Gasteiger partial charge in [-0.25, -0.2) is 0 Å². The number of ether oxygens (including phenoxy) is 1. The molecule has 0 radical (unpaired) electrons. The zero-order valence-corrected chi connectivity index (χ0v) is 21.1. The monoisotopic (exact) mass is 659 g/mol.